The summed E-state index contributed by atoms with van der Waals surface area (Å²) in [5.74, 6) is 0.886. The first-order valence-electron chi connectivity index (χ1n) is 21.9. The fourth-order valence-corrected chi connectivity index (χ4v) is 9.65. The smallest absolute Gasteiger partial charge is 0.341 e. The van der Waals surface area contributed by atoms with Gasteiger partial charge in [0.2, 0.25) is 0 Å². The molecule has 10 heteroatoms. The van der Waals surface area contributed by atoms with Crippen molar-refractivity contribution >= 4 is 74.9 Å². The van der Waals surface area contributed by atoms with Gasteiger partial charge in [-0.3, -0.25) is 0 Å². The van der Waals surface area contributed by atoms with Crippen molar-refractivity contribution in [3.8, 4) is 11.5 Å². The van der Waals surface area contributed by atoms with Crippen LogP contribution < -0.4 is 19.3 Å². The molecule has 0 aliphatic carbocycles. The van der Waals surface area contributed by atoms with E-state index in [4.69, 9.17) is 60.6 Å². The standard InChI is InChI=1S/C52H52Cl4N2O4/c1-3-5-31-60-41-23-15-37(16-24-41)43(35-11-19-39(20-12-35)57-27-7-8-28-57)33-52(46-45(51(59)62-52)47(53)49(55)50(56)48(46)54)34-44(38-17-25-42(26-18-38)61-32-6-4-2)36-13-21-40(22-14-36)58-29-9-10-30-58/h11-26,33-34H,3-10,27-32H2,1-2H3. The molecular formula is C52H52Cl4N2O4. The van der Waals surface area contributed by atoms with Gasteiger partial charge in [-0.15, -0.1) is 0 Å². The topological polar surface area (TPSA) is 51.2 Å². The van der Waals surface area contributed by atoms with Crippen molar-refractivity contribution in [1.29, 1.82) is 0 Å². The molecule has 5 aromatic rings. The van der Waals surface area contributed by atoms with Crippen LogP contribution in [0.5, 0.6) is 11.5 Å². The lowest BCUT2D eigenvalue weighted by Crippen LogP contribution is -2.23. The van der Waals surface area contributed by atoms with E-state index in [2.05, 4.69) is 72.2 Å². The molecule has 5 aromatic carbocycles. The normalized spacial score (nSPS) is 17.7. The van der Waals surface area contributed by atoms with Crippen molar-refractivity contribution in [2.24, 2.45) is 0 Å². The Morgan fingerprint density at radius 2 is 0.935 bits per heavy atom. The molecule has 0 amide bonds. The Morgan fingerprint density at radius 1 is 0.565 bits per heavy atom. The van der Waals surface area contributed by atoms with Crippen LogP contribution in [0.1, 0.15) is 103 Å². The summed E-state index contributed by atoms with van der Waals surface area (Å²) in [7, 11) is 0. The molecule has 3 heterocycles. The van der Waals surface area contributed by atoms with Gasteiger partial charge >= 0.3 is 5.97 Å². The summed E-state index contributed by atoms with van der Waals surface area (Å²) < 4.78 is 18.8. The van der Waals surface area contributed by atoms with Crippen LogP contribution in [0.4, 0.5) is 11.4 Å². The van der Waals surface area contributed by atoms with E-state index in [9.17, 15) is 4.79 Å². The first kappa shape index (κ1) is 44.0. The van der Waals surface area contributed by atoms with Crippen molar-refractivity contribution in [3.05, 3.63) is 163 Å². The summed E-state index contributed by atoms with van der Waals surface area (Å²) in [5.41, 5.74) is 6.29. The number of benzene rings is 5. The molecular weight excluding hydrogens is 858 g/mol. The SMILES string of the molecule is CCCCOc1ccc(C(=CC2(C=C(c3ccc(OCCCC)cc3)c3ccc(N4CCCC4)cc3)OC(=O)c3c(Cl)c(Cl)c(Cl)c(Cl)c32)c2ccc(N3CCCC3)cc2)cc1. The van der Waals surface area contributed by atoms with Crippen LogP contribution in [0.25, 0.3) is 11.1 Å². The molecule has 0 aromatic heterocycles. The molecule has 6 nitrogen and oxygen atoms in total. The molecule has 0 spiro atoms. The predicted molar refractivity (Wildman–Crippen MR) is 257 cm³/mol. The van der Waals surface area contributed by atoms with Crippen molar-refractivity contribution in [1.82, 2.24) is 0 Å². The summed E-state index contributed by atoms with van der Waals surface area (Å²) in [4.78, 5) is 19.2. The quantitative estimate of drug-likeness (QED) is 0.0425. The lowest BCUT2D eigenvalue weighted by molar-refractivity contribution is 0.0300. The molecule has 0 unspecified atom stereocenters. The summed E-state index contributed by atoms with van der Waals surface area (Å²) >= 11 is 27.7. The number of hydrogen-bond acceptors (Lipinski definition) is 6. The van der Waals surface area contributed by atoms with E-state index >= 15 is 0 Å². The van der Waals surface area contributed by atoms with Gasteiger partial charge in [-0.2, -0.15) is 0 Å². The second-order valence-electron chi connectivity index (χ2n) is 16.2. The third-order valence-corrected chi connectivity index (χ3v) is 13.8. The monoisotopic (exact) mass is 908 g/mol. The largest absolute Gasteiger partial charge is 0.494 e. The van der Waals surface area contributed by atoms with E-state index in [1.54, 1.807) is 0 Å². The highest BCUT2D eigenvalue weighted by atomic mass is 35.5. The van der Waals surface area contributed by atoms with Gasteiger partial charge in [-0.1, -0.05) is 122 Å². The van der Waals surface area contributed by atoms with Crippen molar-refractivity contribution in [3.63, 3.8) is 0 Å². The Morgan fingerprint density at radius 3 is 1.32 bits per heavy atom. The minimum Gasteiger partial charge on any atom is -0.494 e. The zero-order valence-electron chi connectivity index (χ0n) is 35.3. The second kappa shape index (κ2) is 19.8. The van der Waals surface area contributed by atoms with E-state index < -0.39 is 11.6 Å². The van der Waals surface area contributed by atoms with Crippen molar-refractivity contribution in [2.75, 3.05) is 49.2 Å². The maximum atomic E-state index is 14.4. The molecule has 3 aliphatic rings. The van der Waals surface area contributed by atoms with E-state index in [0.29, 0.717) is 18.8 Å². The first-order chi connectivity index (χ1) is 30.2. The summed E-state index contributed by atoms with van der Waals surface area (Å²) in [6.07, 6.45) is 12.6. The third kappa shape index (κ3) is 9.36. The molecule has 3 aliphatic heterocycles. The Hall–Kier alpha value is -4.59. The molecule has 2 fully saturated rings. The van der Waals surface area contributed by atoms with Crippen LogP contribution in [0.3, 0.4) is 0 Å². The van der Waals surface area contributed by atoms with Crippen molar-refractivity contribution in [2.45, 2.75) is 70.8 Å². The molecule has 0 radical (unpaired) electrons. The van der Waals surface area contributed by atoms with Gasteiger partial charge in [-0.05, 0) is 133 Å². The fraction of sp³-hybridized carbons (Fsp3) is 0.327. The maximum absolute atomic E-state index is 14.4. The lowest BCUT2D eigenvalue weighted by atomic mass is 9.83. The second-order valence-corrected chi connectivity index (χ2v) is 17.8. The first-order valence-corrected chi connectivity index (χ1v) is 23.4. The summed E-state index contributed by atoms with van der Waals surface area (Å²) in [5, 5.41) is 0.100. The number of cyclic esters (lactones) is 1. The predicted octanol–water partition coefficient (Wildman–Crippen LogP) is 14.5. The number of carbonyl (C=O) groups is 1. The van der Waals surface area contributed by atoms with E-state index in [-0.39, 0.29) is 25.7 Å². The molecule has 322 valence electrons. The van der Waals surface area contributed by atoms with E-state index in [1.165, 1.54) is 25.7 Å². The van der Waals surface area contributed by atoms with Crippen LogP contribution in [-0.4, -0.2) is 45.4 Å². The Bertz CT molecular complexity index is 2290. The average molecular weight is 911 g/mol. The Kier molecular flexibility index (Phi) is 14.1. The number of hydrogen-bond donors (Lipinski definition) is 0. The van der Waals surface area contributed by atoms with Gasteiger partial charge in [0.25, 0.3) is 0 Å². The molecule has 0 atom stereocenters. The number of rotatable bonds is 16. The van der Waals surface area contributed by atoms with Crippen LogP contribution in [-0.2, 0) is 10.3 Å². The number of carbonyl (C=O) groups excluding carboxylic acids is 1. The molecule has 62 heavy (non-hydrogen) atoms. The van der Waals surface area contributed by atoms with Crippen LogP contribution >= 0.6 is 46.4 Å². The number of nitrogens with zero attached hydrogens (tertiary/aromatic N) is 2. The van der Waals surface area contributed by atoms with Gasteiger partial charge in [-0.25, -0.2) is 4.79 Å². The zero-order chi connectivity index (χ0) is 43.2. The van der Waals surface area contributed by atoms with Gasteiger partial charge in [0.1, 0.15) is 11.5 Å². The van der Waals surface area contributed by atoms with Crippen LogP contribution in [0.15, 0.2) is 109 Å². The molecule has 8 rings (SSSR count). The zero-order valence-corrected chi connectivity index (χ0v) is 38.4. The number of ether oxygens (including phenoxy) is 3. The van der Waals surface area contributed by atoms with Gasteiger partial charge in [0.05, 0.1) is 38.9 Å². The van der Waals surface area contributed by atoms with Gasteiger partial charge in [0, 0.05) is 43.1 Å². The Labute approximate surface area is 386 Å². The van der Waals surface area contributed by atoms with Crippen LogP contribution in [0, 0.1) is 0 Å². The van der Waals surface area contributed by atoms with Crippen LogP contribution in [0.2, 0.25) is 20.1 Å². The highest BCUT2D eigenvalue weighted by Gasteiger charge is 2.48. The minimum atomic E-state index is -1.63. The highest BCUT2D eigenvalue weighted by Crippen LogP contribution is 2.54. The van der Waals surface area contributed by atoms with E-state index in [1.807, 2.05) is 60.7 Å². The number of anilines is 2. The minimum absolute atomic E-state index is 0.00874. The summed E-state index contributed by atoms with van der Waals surface area (Å²) in [6.45, 7) is 9.66. The molecule has 0 saturated carbocycles. The summed E-state index contributed by atoms with van der Waals surface area (Å²) in [6, 6.07) is 33.2. The lowest BCUT2D eigenvalue weighted by Gasteiger charge is -2.28. The number of fused-ring (bicyclic) bond motifs is 1. The fourth-order valence-electron chi connectivity index (χ4n) is 8.57. The Balaban J connectivity index is 1.36. The molecule has 0 bridgehead atoms. The van der Waals surface area contributed by atoms with Crippen molar-refractivity contribution < 1.29 is 19.0 Å². The van der Waals surface area contributed by atoms with Gasteiger partial charge in [0.15, 0.2) is 5.60 Å². The third-order valence-electron chi connectivity index (χ3n) is 12.0. The number of halogens is 4. The van der Waals surface area contributed by atoms with E-state index in [0.717, 1.165) is 108 Å². The van der Waals surface area contributed by atoms with Gasteiger partial charge < -0.3 is 24.0 Å². The molecule has 0 N–H and O–H groups in total. The average Bonchev–Trinajstić information content (AvgIpc) is 4.10. The number of esters is 1. The maximum Gasteiger partial charge on any atom is 0.341 e. The highest BCUT2D eigenvalue weighted by molar-refractivity contribution is 6.53. The number of unbranched alkanes of at least 4 members (excludes halogenated alkanes) is 2. The molecule has 2 saturated heterocycles.